The first-order valence-electron chi connectivity index (χ1n) is 10.0. The normalized spacial score (nSPS) is 22.2. The van der Waals surface area contributed by atoms with E-state index in [-0.39, 0.29) is 30.1 Å². The minimum absolute atomic E-state index is 0.0588. The van der Waals surface area contributed by atoms with Crippen LogP contribution in [0.5, 0.6) is 0 Å². The molecule has 0 radical (unpaired) electrons. The summed E-state index contributed by atoms with van der Waals surface area (Å²) in [6.45, 7) is 1.48. The van der Waals surface area contributed by atoms with E-state index in [4.69, 9.17) is 4.74 Å². The van der Waals surface area contributed by atoms with Crippen LogP contribution < -0.4 is 5.32 Å². The maximum absolute atomic E-state index is 13.2. The highest BCUT2D eigenvalue weighted by molar-refractivity contribution is 5.80. The summed E-state index contributed by atoms with van der Waals surface area (Å²) in [4.78, 5) is 12.0. The summed E-state index contributed by atoms with van der Waals surface area (Å²) in [5.74, 6) is -0.346. The van der Waals surface area contributed by atoms with E-state index in [9.17, 15) is 31.1 Å². The molecule has 2 aromatic rings. The fraction of sp³-hybridized carbons (Fsp3) is 0.435. The van der Waals surface area contributed by atoms with E-state index in [0.29, 0.717) is 25.0 Å². The molecule has 1 N–H and O–H groups in total. The molecule has 1 amide bonds. The Labute approximate surface area is 181 Å². The Kier molecular flexibility index (Phi) is 6.60. The van der Waals surface area contributed by atoms with Crippen molar-refractivity contribution >= 4 is 5.91 Å². The van der Waals surface area contributed by atoms with Crippen molar-refractivity contribution in [1.82, 2.24) is 5.32 Å². The summed E-state index contributed by atoms with van der Waals surface area (Å²) >= 11 is 0. The van der Waals surface area contributed by atoms with Gasteiger partial charge >= 0.3 is 12.4 Å². The number of hydrogen-bond acceptors (Lipinski definition) is 2. The van der Waals surface area contributed by atoms with Crippen molar-refractivity contribution in [1.29, 1.82) is 0 Å². The second-order valence-electron chi connectivity index (χ2n) is 8.16. The van der Waals surface area contributed by atoms with Gasteiger partial charge in [0.15, 0.2) is 0 Å². The minimum atomic E-state index is -4.92. The van der Waals surface area contributed by atoms with Crippen molar-refractivity contribution in [3.05, 3.63) is 70.8 Å². The first-order chi connectivity index (χ1) is 14.9. The Morgan fingerprint density at radius 1 is 1.03 bits per heavy atom. The number of hydrogen-bond donors (Lipinski definition) is 1. The van der Waals surface area contributed by atoms with Crippen molar-refractivity contribution in [2.75, 3.05) is 13.7 Å². The third-order valence-electron chi connectivity index (χ3n) is 5.97. The SMILES string of the molecule is CNC(=O)C1CC(CO[C@H](C)c2cc(C(F)(F)F)cc(C(F)(F)F)c2)(c2ccccc2)C1. The summed E-state index contributed by atoms with van der Waals surface area (Å²) in [5.41, 5.74) is -2.59. The molecule has 0 spiro atoms. The Morgan fingerprint density at radius 2 is 1.56 bits per heavy atom. The monoisotopic (exact) mass is 459 g/mol. The number of halogens is 6. The lowest BCUT2D eigenvalue weighted by Gasteiger charge is -2.47. The number of nitrogens with one attached hydrogen (secondary N) is 1. The van der Waals surface area contributed by atoms with Gasteiger partial charge in [-0.05, 0) is 49.1 Å². The fourth-order valence-corrected chi connectivity index (χ4v) is 4.10. The molecule has 9 heteroatoms. The topological polar surface area (TPSA) is 38.3 Å². The zero-order valence-electron chi connectivity index (χ0n) is 17.5. The summed E-state index contributed by atoms with van der Waals surface area (Å²) in [6, 6.07) is 10.7. The number of carbonyl (C=O) groups is 1. The fourth-order valence-electron chi connectivity index (χ4n) is 4.10. The van der Waals surface area contributed by atoms with Gasteiger partial charge in [-0.3, -0.25) is 4.79 Å². The average molecular weight is 459 g/mol. The molecule has 2 aromatic carbocycles. The van der Waals surface area contributed by atoms with E-state index < -0.39 is 35.0 Å². The highest BCUT2D eigenvalue weighted by Crippen LogP contribution is 2.49. The van der Waals surface area contributed by atoms with Gasteiger partial charge in [0.1, 0.15) is 0 Å². The van der Waals surface area contributed by atoms with Crippen molar-refractivity contribution in [3.63, 3.8) is 0 Å². The second kappa shape index (κ2) is 8.77. The third kappa shape index (κ3) is 5.09. The molecule has 1 atom stereocenters. The Bertz CT molecular complexity index is 917. The molecule has 0 heterocycles. The van der Waals surface area contributed by atoms with Gasteiger partial charge in [-0.2, -0.15) is 26.3 Å². The molecule has 174 valence electrons. The van der Waals surface area contributed by atoms with Crippen LogP contribution >= 0.6 is 0 Å². The van der Waals surface area contributed by atoms with Crippen molar-refractivity contribution in [2.45, 2.75) is 43.6 Å². The summed E-state index contributed by atoms with van der Waals surface area (Å²) in [7, 11) is 1.54. The van der Waals surface area contributed by atoms with Crippen LogP contribution in [0.25, 0.3) is 0 Å². The molecule has 1 aliphatic rings. The number of carbonyl (C=O) groups excluding carboxylic acids is 1. The van der Waals surface area contributed by atoms with Crippen LogP contribution in [0.1, 0.15) is 48.1 Å². The van der Waals surface area contributed by atoms with E-state index in [1.165, 1.54) is 14.0 Å². The van der Waals surface area contributed by atoms with Gasteiger partial charge in [0.2, 0.25) is 5.91 Å². The first kappa shape index (κ1) is 24.1. The molecule has 1 fully saturated rings. The maximum atomic E-state index is 13.2. The molecular weight excluding hydrogens is 436 g/mol. The predicted molar refractivity (Wildman–Crippen MR) is 106 cm³/mol. The molecule has 3 rings (SSSR count). The van der Waals surface area contributed by atoms with Gasteiger partial charge < -0.3 is 10.1 Å². The number of alkyl halides is 6. The van der Waals surface area contributed by atoms with Crippen LogP contribution in [0.2, 0.25) is 0 Å². The number of amides is 1. The highest BCUT2D eigenvalue weighted by Gasteiger charge is 2.48. The van der Waals surface area contributed by atoms with E-state index in [0.717, 1.165) is 5.56 Å². The minimum Gasteiger partial charge on any atom is -0.373 e. The van der Waals surface area contributed by atoms with Crippen LogP contribution in [0.15, 0.2) is 48.5 Å². The van der Waals surface area contributed by atoms with E-state index >= 15 is 0 Å². The molecule has 3 nitrogen and oxygen atoms in total. The van der Waals surface area contributed by atoms with E-state index in [1.807, 2.05) is 30.3 Å². The van der Waals surface area contributed by atoms with Gasteiger partial charge in [-0.15, -0.1) is 0 Å². The molecule has 1 saturated carbocycles. The molecule has 0 aromatic heterocycles. The summed E-state index contributed by atoms with van der Waals surface area (Å²) in [6.07, 6.45) is -9.91. The number of benzene rings is 2. The maximum Gasteiger partial charge on any atom is 0.416 e. The van der Waals surface area contributed by atoms with E-state index in [2.05, 4.69) is 5.32 Å². The molecular formula is C23H23F6NO2. The van der Waals surface area contributed by atoms with Gasteiger partial charge in [0.25, 0.3) is 0 Å². The van der Waals surface area contributed by atoms with Gasteiger partial charge in [-0.25, -0.2) is 0 Å². The smallest absolute Gasteiger partial charge is 0.373 e. The van der Waals surface area contributed by atoms with Crippen LogP contribution in [0, 0.1) is 5.92 Å². The lowest BCUT2D eigenvalue weighted by molar-refractivity contribution is -0.143. The largest absolute Gasteiger partial charge is 0.416 e. The van der Waals surface area contributed by atoms with Crippen LogP contribution in [-0.4, -0.2) is 19.6 Å². The quantitative estimate of drug-likeness (QED) is 0.547. The predicted octanol–water partition coefficient (Wildman–Crippen LogP) is 5.90. The Morgan fingerprint density at radius 3 is 2.03 bits per heavy atom. The molecule has 0 saturated heterocycles. The van der Waals surface area contributed by atoms with Crippen LogP contribution in [0.3, 0.4) is 0 Å². The highest BCUT2D eigenvalue weighted by atomic mass is 19.4. The first-order valence-corrected chi connectivity index (χ1v) is 10.0. The third-order valence-corrected chi connectivity index (χ3v) is 5.97. The zero-order chi connectivity index (χ0) is 23.7. The molecule has 0 bridgehead atoms. The number of ether oxygens (including phenoxy) is 1. The average Bonchev–Trinajstić information content (AvgIpc) is 2.71. The van der Waals surface area contributed by atoms with Crippen LogP contribution in [0.4, 0.5) is 26.3 Å². The Hall–Kier alpha value is -2.55. The standard InChI is InChI=1S/C23H23F6NO2/c1-14(15-8-18(22(24,25)26)10-19(9-15)23(27,28)29)32-13-21(17-6-4-3-5-7-17)11-16(12-21)20(31)30-2/h3-10,14,16H,11-13H2,1-2H3,(H,30,31)/t14-,16?,21?/m1/s1. The zero-order valence-corrected chi connectivity index (χ0v) is 17.5. The lowest BCUT2D eigenvalue weighted by Crippen LogP contribution is -2.50. The van der Waals surface area contributed by atoms with Crippen molar-refractivity contribution in [3.8, 4) is 0 Å². The van der Waals surface area contributed by atoms with Crippen LogP contribution in [-0.2, 0) is 27.3 Å². The Balaban J connectivity index is 1.84. The molecule has 1 aliphatic carbocycles. The molecule has 0 aliphatic heterocycles. The van der Waals surface area contributed by atoms with Gasteiger partial charge in [0, 0.05) is 18.4 Å². The number of rotatable bonds is 6. The molecule has 0 unspecified atom stereocenters. The van der Waals surface area contributed by atoms with Crippen molar-refractivity contribution < 1.29 is 35.9 Å². The summed E-state index contributed by atoms with van der Waals surface area (Å²) in [5, 5.41) is 2.59. The van der Waals surface area contributed by atoms with Gasteiger partial charge in [0.05, 0.1) is 23.8 Å². The second-order valence-corrected chi connectivity index (χ2v) is 8.16. The van der Waals surface area contributed by atoms with Gasteiger partial charge in [-0.1, -0.05) is 30.3 Å². The lowest BCUT2D eigenvalue weighted by atomic mass is 9.58. The van der Waals surface area contributed by atoms with E-state index in [1.54, 1.807) is 0 Å². The molecule has 32 heavy (non-hydrogen) atoms. The summed E-state index contributed by atoms with van der Waals surface area (Å²) < 4.78 is 84.8. The van der Waals surface area contributed by atoms with Crippen molar-refractivity contribution in [2.24, 2.45) is 5.92 Å².